The summed E-state index contributed by atoms with van der Waals surface area (Å²) in [5.74, 6) is 1.59. The van der Waals surface area contributed by atoms with Crippen molar-refractivity contribution in [1.82, 2.24) is 9.97 Å². The van der Waals surface area contributed by atoms with E-state index in [9.17, 15) is 4.79 Å². The molecule has 94 valence electrons. The summed E-state index contributed by atoms with van der Waals surface area (Å²) >= 11 is 0. The molecule has 0 radical (unpaired) electrons. The molecule has 0 bridgehead atoms. The highest BCUT2D eigenvalue weighted by atomic mass is 16.1. The van der Waals surface area contributed by atoms with Crippen molar-refractivity contribution in [3.8, 4) is 0 Å². The van der Waals surface area contributed by atoms with Crippen LogP contribution in [-0.4, -0.2) is 23.1 Å². The van der Waals surface area contributed by atoms with Crippen molar-refractivity contribution in [2.75, 3.05) is 18.4 Å². The van der Waals surface area contributed by atoms with Crippen molar-refractivity contribution in [2.45, 2.75) is 32.6 Å². The molecule has 17 heavy (non-hydrogen) atoms. The zero-order valence-electron chi connectivity index (χ0n) is 10.4. The maximum Gasteiger partial charge on any atom is 0.252 e. The Bertz CT molecular complexity index is 448. The summed E-state index contributed by atoms with van der Waals surface area (Å²) in [5.41, 5.74) is 5.84. The van der Waals surface area contributed by atoms with Crippen molar-refractivity contribution in [3.63, 3.8) is 0 Å². The minimum Gasteiger partial charge on any atom is -0.369 e. The van der Waals surface area contributed by atoms with Gasteiger partial charge in [0, 0.05) is 18.5 Å². The van der Waals surface area contributed by atoms with Crippen molar-refractivity contribution in [2.24, 2.45) is 11.1 Å². The van der Waals surface area contributed by atoms with E-state index in [1.165, 1.54) is 6.07 Å². The van der Waals surface area contributed by atoms with Crippen LogP contribution in [0, 0.1) is 5.41 Å². The smallest absolute Gasteiger partial charge is 0.252 e. The largest absolute Gasteiger partial charge is 0.369 e. The van der Waals surface area contributed by atoms with Gasteiger partial charge in [-0.05, 0) is 24.8 Å². The van der Waals surface area contributed by atoms with Gasteiger partial charge in [-0.25, -0.2) is 4.98 Å². The van der Waals surface area contributed by atoms with E-state index in [1.807, 2.05) is 13.8 Å². The van der Waals surface area contributed by atoms with Crippen molar-refractivity contribution in [3.05, 3.63) is 22.2 Å². The number of hydrogen-bond acceptors (Lipinski definition) is 4. The molecule has 1 saturated carbocycles. The van der Waals surface area contributed by atoms with E-state index in [0.717, 1.165) is 25.2 Å². The molecule has 5 nitrogen and oxygen atoms in total. The third-order valence-corrected chi connectivity index (χ3v) is 3.34. The standard InChI is InChI=1S/C12H20N4O/c1-8(2)11-15-9(5-10(17)16-11)14-7-12(6-13)3-4-12/h5,8H,3-4,6-7,13H2,1-2H3,(H2,14,15,16,17). The molecular weight excluding hydrogens is 216 g/mol. The molecule has 0 atom stereocenters. The van der Waals surface area contributed by atoms with E-state index in [2.05, 4.69) is 15.3 Å². The molecule has 1 aromatic heterocycles. The molecule has 1 aliphatic carbocycles. The summed E-state index contributed by atoms with van der Waals surface area (Å²) in [6.07, 6.45) is 2.33. The highest BCUT2D eigenvalue weighted by Crippen LogP contribution is 2.44. The fourth-order valence-electron chi connectivity index (χ4n) is 1.75. The number of aromatic nitrogens is 2. The van der Waals surface area contributed by atoms with Gasteiger partial charge in [-0.2, -0.15) is 0 Å². The number of rotatable bonds is 5. The Kier molecular flexibility index (Phi) is 3.19. The number of anilines is 1. The van der Waals surface area contributed by atoms with Crippen LogP contribution in [0.25, 0.3) is 0 Å². The second-order valence-electron chi connectivity index (χ2n) is 5.23. The molecule has 1 aliphatic rings. The summed E-state index contributed by atoms with van der Waals surface area (Å²) in [4.78, 5) is 18.6. The Hall–Kier alpha value is -1.36. The Morgan fingerprint density at radius 1 is 1.59 bits per heavy atom. The molecule has 0 amide bonds. The van der Waals surface area contributed by atoms with Gasteiger partial charge >= 0.3 is 0 Å². The third kappa shape index (κ3) is 2.85. The predicted molar refractivity (Wildman–Crippen MR) is 68.2 cm³/mol. The average Bonchev–Trinajstić information content (AvgIpc) is 3.06. The van der Waals surface area contributed by atoms with E-state index >= 15 is 0 Å². The maximum atomic E-state index is 11.5. The van der Waals surface area contributed by atoms with Crippen LogP contribution in [0.5, 0.6) is 0 Å². The van der Waals surface area contributed by atoms with Crippen LogP contribution >= 0.6 is 0 Å². The average molecular weight is 236 g/mol. The van der Waals surface area contributed by atoms with E-state index in [4.69, 9.17) is 5.73 Å². The van der Waals surface area contributed by atoms with Crippen molar-refractivity contribution >= 4 is 5.82 Å². The van der Waals surface area contributed by atoms with Crippen molar-refractivity contribution < 1.29 is 0 Å². The first kappa shape index (κ1) is 12.1. The van der Waals surface area contributed by atoms with E-state index in [-0.39, 0.29) is 16.9 Å². The third-order valence-electron chi connectivity index (χ3n) is 3.34. The minimum absolute atomic E-state index is 0.108. The van der Waals surface area contributed by atoms with Gasteiger partial charge in [0.05, 0.1) is 0 Å². The van der Waals surface area contributed by atoms with Gasteiger partial charge in [-0.1, -0.05) is 13.8 Å². The second-order valence-corrected chi connectivity index (χ2v) is 5.23. The van der Waals surface area contributed by atoms with Gasteiger partial charge in [-0.15, -0.1) is 0 Å². The lowest BCUT2D eigenvalue weighted by atomic mass is 10.1. The Balaban J connectivity index is 2.08. The minimum atomic E-state index is -0.108. The number of nitrogens with zero attached hydrogens (tertiary/aromatic N) is 1. The topological polar surface area (TPSA) is 83.8 Å². The van der Waals surface area contributed by atoms with Gasteiger partial charge in [0.1, 0.15) is 11.6 Å². The molecule has 1 fully saturated rings. The summed E-state index contributed by atoms with van der Waals surface area (Å²) in [6.45, 7) is 5.51. The first-order chi connectivity index (χ1) is 8.04. The molecule has 0 spiro atoms. The molecule has 0 unspecified atom stereocenters. The van der Waals surface area contributed by atoms with Crippen LogP contribution in [0.3, 0.4) is 0 Å². The lowest BCUT2D eigenvalue weighted by Crippen LogP contribution is -2.25. The maximum absolute atomic E-state index is 11.5. The first-order valence-electron chi connectivity index (χ1n) is 6.10. The number of nitrogens with one attached hydrogen (secondary N) is 2. The monoisotopic (exact) mass is 236 g/mol. The molecule has 4 N–H and O–H groups in total. The predicted octanol–water partition coefficient (Wildman–Crippen LogP) is 1.04. The highest BCUT2D eigenvalue weighted by Gasteiger charge is 2.40. The van der Waals surface area contributed by atoms with E-state index in [1.54, 1.807) is 0 Å². The highest BCUT2D eigenvalue weighted by molar-refractivity contribution is 5.34. The van der Waals surface area contributed by atoms with E-state index in [0.29, 0.717) is 12.4 Å². The molecule has 0 aliphatic heterocycles. The quantitative estimate of drug-likeness (QED) is 0.713. The second kappa shape index (κ2) is 4.49. The molecule has 5 heteroatoms. The fourth-order valence-corrected chi connectivity index (χ4v) is 1.75. The summed E-state index contributed by atoms with van der Waals surface area (Å²) in [7, 11) is 0. The zero-order chi connectivity index (χ0) is 12.5. The summed E-state index contributed by atoms with van der Waals surface area (Å²) in [5, 5.41) is 3.22. The van der Waals surface area contributed by atoms with Crippen LogP contribution in [0.4, 0.5) is 5.82 Å². The van der Waals surface area contributed by atoms with Gasteiger partial charge in [-0.3, -0.25) is 4.79 Å². The van der Waals surface area contributed by atoms with Gasteiger partial charge in [0.2, 0.25) is 0 Å². The molecular formula is C12H20N4O. The Morgan fingerprint density at radius 3 is 2.82 bits per heavy atom. The van der Waals surface area contributed by atoms with Crippen LogP contribution in [-0.2, 0) is 0 Å². The van der Waals surface area contributed by atoms with Gasteiger partial charge < -0.3 is 16.0 Å². The SMILES string of the molecule is CC(C)c1nc(NCC2(CN)CC2)cc(=O)[nH]1. The van der Waals surface area contributed by atoms with Crippen LogP contribution < -0.4 is 16.6 Å². The van der Waals surface area contributed by atoms with E-state index < -0.39 is 0 Å². The van der Waals surface area contributed by atoms with Crippen LogP contribution in [0.1, 0.15) is 38.4 Å². The summed E-state index contributed by atoms with van der Waals surface area (Å²) < 4.78 is 0. The lowest BCUT2D eigenvalue weighted by molar-refractivity contribution is 0.554. The number of hydrogen-bond donors (Lipinski definition) is 3. The molecule has 1 aromatic rings. The van der Waals surface area contributed by atoms with Gasteiger partial charge in [0.25, 0.3) is 5.56 Å². The van der Waals surface area contributed by atoms with Gasteiger partial charge in [0.15, 0.2) is 0 Å². The van der Waals surface area contributed by atoms with Crippen LogP contribution in [0.2, 0.25) is 0 Å². The lowest BCUT2D eigenvalue weighted by Gasteiger charge is -2.14. The number of H-pyrrole nitrogens is 1. The molecule has 0 saturated heterocycles. The Morgan fingerprint density at radius 2 is 2.29 bits per heavy atom. The number of nitrogens with two attached hydrogens (primary N) is 1. The fraction of sp³-hybridized carbons (Fsp3) is 0.667. The summed E-state index contributed by atoms with van der Waals surface area (Å²) in [6, 6.07) is 1.50. The van der Waals surface area contributed by atoms with Crippen LogP contribution in [0.15, 0.2) is 10.9 Å². The first-order valence-corrected chi connectivity index (χ1v) is 6.10. The Labute approximate surface area is 101 Å². The van der Waals surface area contributed by atoms with Crippen molar-refractivity contribution in [1.29, 1.82) is 0 Å². The zero-order valence-corrected chi connectivity index (χ0v) is 10.4. The normalized spacial score (nSPS) is 17.2. The molecule has 0 aromatic carbocycles. The molecule has 2 rings (SSSR count). The molecule has 1 heterocycles. The number of aromatic amines is 1.